The molecule has 0 radical (unpaired) electrons. The van der Waals surface area contributed by atoms with E-state index in [2.05, 4.69) is 19.2 Å². The number of hydrogen-bond acceptors (Lipinski definition) is 5. The molecule has 2 heterocycles. The molecule has 0 saturated heterocycles. The van der Waals surface area contributed by atoms with Crippen LogP contribution in [0.15, 0.2) is 39.1 Å². The molecule has 0 saturated carbocycles. The number of aryl methyl sites for hydroxylation is 1. The van der Waals surface area contributed by atoms with Gasteiger partial charge in [-0.15, -0.1) is 0 Å². The van der Waals surface area contributed by atoms with E-state index in [9.17, 15) is 9.59 Å². The maximum Gasteiger partial charge on any atom is 0.336 e. The minimum Gasteiger partial charge on any atom is -0.465 e. The van der Waals surface area contributed by atoms with Crippen molar-refractivity contribution in [3.8, 4) is 0 Å². The number of dihydropyridines is 1. The lowest BCUT2D eigenvalue weighted by molar-refractivity contribution is -0.139. The minimum absolute atomic E-state index is 0.0658. The molecule has 1 aliphatic heterocycles. The third-order valence-electron chi connectivity index (χ3n) is 4.94. The number of hydrogen-bond donors (Lipinski definition) is 1. The summed E-state index contributed by atoms with van der Waals surface area (Å²) in [5, 5.41) is 3.31. The SMILES string of the molecule is CCCOC(=O)C1=C(C)NC2=C(C(=O)CC(C)(C)C2)[C@H]1c1ccc(C)o1. The van der Waals surface area contributed by atoms with Gasteiger partial charge in [-0.05, 0) is 44.2 Å². The highest BCUT2D eigenvalue weighted by Gasteiger charge is 2.44. The van der Waals surface area contributed by atoms with Crippen molar-refractivity contribution in [1.29, 1.82) is 0 Å². The third-order valence-corrected chi connectivity index (χ3v) is 4.94. The Bertz CT molecular complexity index is 810. The van der Waals surface area contributed by atoms with Gasteiger partial charge in [-0.1, -0.05) is 20.8 Å². The Balaban J connectivity index is 2.11. The van der Waals surface area contributed by atoms with Gasteiger partial charge in [-0.2, -0.15) is 0 Å². The van der Waals surface area contributed by atoms with E-state index in [1.165, 1.54) is 0 Å². The predicted octanol–water partition coefficient (Wildman–Crippen LogP) is 4.15. The minimum atomic E-state index is -0.507. The third kappa shape index (κ3) is 3.35. The predicted molar refractivity (Wildman–Crippen MR) is 98.3 cm³/mol. The Morgan fingerprint density at radius 3 is 2.65 bits per heavy atom. The molecule has 5 nitrogen and oxygen atoms in total. The van der Waals surface area contributed by atoms with Gasteiger partial charge < -0.3 is 14.5 Å². The molecule has 1 N–H and O–H groups in total. The number of ketones is 1. The van der Waals surface area contributed by atoms with Gasteiger partial charge in [-0.3, -0.25) is 4.79 Å². The number of carbonyl (C=O) groups is 2. The van der Waals surface area contributed by atoms with Crippen molar-refractivity contribution < 1.29 is 18.7 Å². The van der Waals surface area contributed by atoms with Crippen molar-refractivity contribution >= 4 is 11.8 Å². The molecule has 0 amide bonds. The molecule has 140 valence electrons. The van der Waals surface area contributed by atoms with Crippen molar-refractivity contribution in [3.63, 3.8) is 0 Å². The standard InChI is InChI=1S/C21H27NO4/c1-6-9-25-20(24)17-13(3)22-14-10-21(4,5)11-15(23)18(14)19(17)16-8-7-12(2)26-16/h7-8,19,22H,6,9-11H2,1-5H3/t19-/m0/s1. The number of nitrogens with one attached hydrogen (secondary N) is 1. The van der Waals surface area contributed by atoms with E-state index < -0.39 is 5.92 Å². The van der Waals surface area contributed by atoms with Gasteiger partial charge in [0.15, 0.2) is 5.78 Å². The molecule has 3 rings (SSSR count). The normalized spacial score (nSPS) is 22.2. The molecule has 0 unspecified atom stereocenters. The first-order valence-electron chi connectivity index (χ1n) is 9.21. The van der Waals surface area contributed by atoms with E-state index in [0.29, 0.717) is 29.9 Å². The molecule has 1 aromatic heterocycles. The summed E-state index contributed by atoms with van der Waals surface area (Å²) in [7, 11) is 0. The van der Waals surface area contributed by atoms with Gasteiger partial charge in [0.05, 0.1) is 18.1 Å². The Morgan fingerprint density at radius 1 is 1.31 bits per heavy atom. The number of ether oxygens (including phenoxy) is 1. The monoisotopic (exact) mass is 357 g/mol. The number of rotatable bonds is 4. The summed E-state index contributed by atoms with van der Waals surface area (Å²) in [4.78, 5) is 25.8. The molecular weight excluding hydrogens is 330 g/mol. The van der Waals surface area contributed by atoms with Crippen LogP contribution in [0.4, 0.5) is 0 Å². The first-order chi connectivity index (χ1) is 12.2. The number of furan rings is 1. The van der Waals surface area contributed by atoms with Crippen molar-refractivity contribution in [3.05, 3.63) is 46.2 Å². The zero-order valence-electron chi connectivity index (χ0n) is 16.2. The van der Waals surface area contributed by atoms with Crippen molar-refractivity contribution in [2.75, 3.05) is 6.61 Å². The largest absolute Gasteiger partial charge is 0.465 e. The lowest BCUT2D eigenvalue weighted by atomic mass is 9.69. The molecule has 1 atom stereocenters. The summed E-state index contributed by atoms with van der Waals surface area (Å²) in [6, 6.07) is 3.71. The molecular formula is C21H27NO4. The van der Waals surface area contributed by atoms with Crippen LogP contribution in [0, 0.1) is 12.3 Å². The average Bonchev–Trinajstić information content (AvgIpc) is 2.96. The number of allylic oxidation sites excluding steroid dienone is 3. The molecule has 0 spiro atoms. The highest BCUT2D eigenvalue weighted by molar-refractivity contribution is 6.04. The molecule has 1 aliphatic carbocycles. The number of esters is 1. The molecule has 0 fully saturated rings. The first-order valence-corrected chi connectivity index (χ1v) is 9.21. The van der Waals surface area contributed by atoms with Gasteiger partial charge >= 0.3 is 5.97 Å². The maximum atomic E-state index is 13.0. The highest BCUT2D eigenvalue weighted by atomic mass is 16.5. The molecule has 26 heavy (non-hydrogen) atoms. The van der Waals surface area contributed by atoms with Gasteiger partial charge in [0.2, 0.25) is 0 Å². The van der Waals surface area contributed by atoms with Crippen LogP contribution in [0.2, 0.25) is 0 Å². The van der Waals surface area contributed by atoms with Crippen molar-refractivity contribution in [2.45, 2.75) is 59.8 Å². The molecule has 5 heteroatoms. The molecule has 2 aliphatic rings. The van der Waals surface area contributed by atoms with E-state index in [1.807, 2.05) is 32.9 Å². The fraction of sp³-hybridized carbons (Fsp3) is 0.524. The Kier molecular flexibility index (Phi) is 4.82. The average molecular weight is 357 g/mol. The first kappa shape index (κ1) is 18.5. The Hall–Kier alpha value is -2.30. The summed E-state index contributed by atoms with van der Waals surface area (Å²) < 4.78 is 11.3. The summed E-state index contributed by atoms with van der Waals surface area (Å²) >= 11 is 0. The smallest absolute Gasteiger partial charge is 0.336 e. The summed E-state index contributed by atoms with van der Waals surface area (Å²) in [6.07, 6.45) is 1.97. The zero-order chi connectivity index (χ0) is 19.1. The summed E-state index contributed by atoms with van der Waals surface area (Å²) in [6.45, 7) is 10.2. The Labute approximate surface area is 154 Å². The van der Waals surface area contributed by atoms with E-state index >= 15 is 0 Å². The lowest BCUT2D eigenvalue weighted by Gasteiger charge is -2.38. The highest BCUT2D eigenvalue weighted by Crippen LogP contribution is 2.47. The van der Waals surface area contributed by atoms with Gasteiger partial charge in [0.1, 0.15) is 11.5 Å². The Morgan fingerprint density at radius 2 is 2.04 bits per heavy atom. The second-order valence-electron chi connectivity index (χ2n) is 8.01. The van der Waals surface area contributed by atoms with E-state index in [-0.39, 0.29) is 17.2 Å². The van der Waals surface area contributed by atoms with Crippen molar-refractivity contribution in [2.24, 2.45) is 5.41 Å². The summed E-state index contributed by atoms with van der Waals surface area (Å²) in [5.74, 6) is 0.541. The fourth-order valence-electron chi connectivity index (χ4n) is 3.87. The second-order valence-corrected chi connectivity index (χ2v) is 8.01. The van der Waals surface area contributed by atoms with Crippen LogP contribution < -0.4 is 5.32 Å². The van der Waals surface area contributed by atoms with Crippen LogP contribution >= 0.6 is 0 Å². The summed E-state index contributed by atoms with van der Waals surface area (Å²) in [5.41, 5.74) is 2.64. The van der Waals surface area contributed by atoms with Crippen LogP contribution in [-0.2, 0) is 14.3 Å². The molecule has 0 bridgehead atoms. The zero-order valence-corrected chi connectivity index (χ0v) is 16.2. The van der Waals surface area contributed by atoms with E-state index in [4.69, 9.17) is 9.15 Å². The maximum absolute atomic E-state index is 13.0. The van der Waals surface area contributed by atoms with E-state index in [1.54, 1.807) is 0 Å². The number of Topliss-reactive ketones (excluding diaryl/α,β-unsaturated/α-hetero) is 1. The number of carbonyl (C=O) groups excluding carboxylic acids is 2. The van der Waals surface area contributed by atoms with Crippen LogP contribution in [-0.4, -0.2) is 18.4 Å². The quantitative estimate of drug-likeness (QED) is 0.820. The fourth-order valence-corrected chi connectivity index (χ4v) is 3.87. The van der Waals surface area contributed by atoms with Crippen LogP contribution in [0.5, 0.6) is 0 Å². The topological polar surface area (TPSA) is 68.5 Å². The van der Waals surface area contributed by atoms with Gasteiger partial charge in [-0.25, -0.2) is 4.79 Å². The van der Waals surface area contributed by atoms with Crippen molar-refractivity contribution in [1.82, 2.24) is 5.32 Å². The van der Waals surface area contributed by atoms with Gasteiger partial charge in [0, 0.05) is 23.4 Å². The van der Waals surface area contributed by atoms with E-state index in [0.717, 1.165) is 30.0 Å². The van der Waals surface area contributed by atoms with Gasteiger partial charge in [0.25, 0.3) is 0 Å². The van der Waals surface area contributed by atoms with Crippen LogP contribution in [0.3, 0.4) is 0 Å². The lowest BCUT2D eigenvalue weighted by Crippen LogP contribution is -2.38. The second kappa shape index (κ2) is 6.78. The molecule has 1 aromatic rings. The van der Waals surface area contributed by atoms with Crippen LogP contribution in [0.1, 0.15) is 64.4 Å². The van der Waals surface area contributed by atoms with Crippen LogP contribution in [0.25, 0.3) is 0 Å². The molecule has 0 aromatic carbocycles.